The summed E-state index contributed by atoms with van der Waals surface area (Å²) < 4.78 is 21.9. The summed E-state index contributed by atoms with van der Waals surface area (Å²) in [6, 6.07) is 12.8. The maximum atomic E-state index is 13.6. The largest absolute Gasteiger partial charge is 0.463 e. The number of nitrogens with zero attached hydrogens (tertiary/aromatic N) is 2. The van der Waals surface area contributed by atoms with Gasteiger partial charge in [-0.05, 0) is 77.9 Å². The summed E-state index contributed by atoms with van der Waals surface area (Å²) >= 11 is 3.48. The molecule has 0 unspecified atom stereocenters. The van der Waals surface area contributed by atoms with Crippen molar-refractivity contribution in [1.82, 2.24) is 4.57 Å². The van der Waals surface area contributed by atoms with E-state index in [9.17, 15) is 14.0 Å². The van der Waals surface area contributed by atoms with Gasteiger partial charge in [0.1, 0.15) is 5.82 Å². The van der Waals surface area contributed by atoms with Crippen LogP contribution in [-0.2, 0) is 9.53 Å². The van der Waals surface area contributed by atoms with Crippen LogP contribution in [0.5, 0.6) is 0 Å². The molecule has 5 nitrogen and oxygen atoms in total. The van der Waals surface area contributed by atoms with Gasteiger partial charge in [0.2, 0.25) is 0 Å². The highest BCUT2D eigenvalue weighted by atomic mass is 127. The standard InChI is InChI=1S/C23H18FIN2O3S/c1-3-30-22(29)19-13(2)26-23-27(20(19)15-6-8-16(24)9-7-15)21(28)18(31-23)12-14-4-10-17(25)11-5-14/h4-12,20H,3H2,1-2H3/b18-12-/t20-/m0/s1. The summed E-state index contributed by atoms with van der Waals surface area (Å²) in [4.78, 5) is 31.2. The molecule has 0 saturated carbocycles. The summed E-state index contributed by atoms with van der Waals surface area (Å²) in [6.07, 6.45) is 1.81. The quantitative estimate of drug-likeness (QED) is 0.371. The lowest BCUT2D eigenvalue weighted by Crippen LogP contribution is -2.39. The first-order chi connectivity index (χ1) is 14.9. The molecule has 1 aliphatic rings. The Hall–Kier alpha value is -2.59. The van der Waals surface area contributed by atoms with Crippen LogP contribution < -0.4 is 14.9 Å². The van der Waals surface area contributed by atoms with Gasteiger partial charge in [0, 0.05) is 3.57 Å². The Morgan fingerprint density at radius 1 is 1.23 bits per heavy atom. The maximum absolute atomic E-state index is 13.6. The molecule has 8 heteroatoms. The molecule has 1 aromatic heterocycles. The summed E-state index contributed by atoms with van der Waals surface area (Å²) in [5, 5.41) is 0. The zero-order chi connectivity index (χ0) is 22.1. The van der Waals surface area contributed by atoms with Gasteiger partial charge in [0.05, 0.1) is 28.5 Å². The second-order valence-corrected chi connectivity index (χ2v) is 9.16. The van der Waals surface area contributed by atoms with Crippen LogP contribution in [0.1, 0.15) is 31.0 Å². The van der Waals surface area contributed by atoms with Gasteiger partial charge >= 0.3 is 5.97 Å². The van der Waals surface area contributed by atoms with Crippen molar-refractivity contribution in [3.8, 4) is 0 Å². The summed E-state index contributed by atoms with van der Waals surface area (Å²) in [7, 11) is 0. The van der Waals surface area contributed by atoms with E-state index in [0.717, 1.165) is 9.13 Å². The number of allylic oxidation sites excluding steroid dienone is 1. The minimum Gasteiger partial charge on any atom is -0.463 e. The molecule has 0 spiro atoms. The van der Waals surface area contributed by atoms with E-state index in [0.29, 0.717) is 20.6 Å². The average molecular weight is 548 g/mol. The summed E-state index contributed by atoms with van der Waals surface area (Å²) in [5.74, 6) is -0.932. The Kier molecular flexibility index (Phi) is 6.19. The first-order valence-electron chi connectivity index (χ1n) is 9.59. The van der Waals surface area contributed by atoms with E-state index in [-0.39, 0.29) is 17.7 Å². The predicted molar refractivity (Wildman–Crippen MR) is 126 cm³/mol. The highest BCUT2D eigenvalue weighted by Crippen LogP contribution is 2.30. The van der Waals surface area contributed by atoms with Crippen molar-refractivity contribution in [3.63, 3.8) is 0 Å². The molecule has 0 radical (unpaired) electrons. The number of hydrogen-bond acceptors (Lipinski definition) is 5. The van der Waals surface area contributed by atoms with Crippen molar-refractivity contribution in [2.75, 3.05) is 6.61 Å². The highest BCUT2D eigenvalue weighted by molar-refractivity contribution is 14.1. The molecule has 2 heterocycles. The van der Waals surface area contributed by atoms with Gasteiger partial charge in [-0.2, -0.15) is 0 Å². The molecule has 1 atom stereocenters. The first kappa shape index (κ1) is 21.6. The molecule has 0 amide bonds. The molecule has 4 rings (SSSR count). The molecule has 3 aromatic rings. The number of esters is 1. The van der Waals surface area contributed by atoms with E-state index in [1.807, 2.05) is 30.3 Å². The van der Waals surface area contributed by atoms with Gasteiger partial charge in [0.25, 0.3) is 5.56 Å². The van der Waals surface area contributed by atoms with Crippen molar-refractivity contribution in [1.29, 1.82) is 0 Å². The zero-order valence-electron chi connectivity index (χ0n) is 16.8. The number of benzene rings is 2. The first-order valence-corrected chi connectivity index (χ1v) is 11.5. The van der Waals surface area contributed by atoms with Crippen LogP contribution in [0.2, 0.25) is 0 Å². The number of hydrogen-bond donors (Lipinski definition) is 0. The molecule has 0 aliphatic carbocycles. The van der Waals surface area contributed by atoms with E-state index in [2.05, 4.69) is 27.6 Å². The van der Waals surface area contributed by atoms with E-state index < -0.39 is 17.8 Å². The highest BCUT2D eigenvalue weighted by Gasteiger charge is 2.33. The van der Waals surface area contributed by atoms with Crippen molar-refractivity contribution in [3.05, 3.63) is 100 Å². The number of rotatable bonds is 4. The van der Waals surface area contributed by atoms with Gasteiger partial charge in [-0.15, -0.1) is 0 Å². The fraction of sp³-hybridized carbons (Fsp3) is 0.174. The molecule has 0 saturated heterocycles. The third-order valence-electron chi connectivity index (χ3n) is 4.87. The molecule has 31 heavy (non-hydrogen) atoms. The summed E-state index contributed by atoms with van der Waals surface area (Å²) in [6.45, 7) is 3.64. The van der Waals surface area contributed by atoms with Gasteiger partial charge in [-0.25, -0.2) is 14.2 Å². The number of halogens is 2. The number of carbonyl (C=O) groups excluding carboxylic acids is 1. The van der Waals surface area contributed by atoms with E-state index >= 15 is 0 Å². The maximum Gasteiger partial charge on any atom is 0.338 e. The zero-order valence-corrected chi connectivity index (χ0v) is 19.7. The molecule has 1 aliphatic heterocycles. The Labute approximate surface area is 195 Å². The Balaban J connectivity index is 1.94. The fourth-order valence-corrected chi connectivity index (χ4v) is 4.87. The summed E-state index contributed by atoms with van der Waals surface area (Å²) in [5.41, 5.74) is 2.01. The molecule has 0 bridgehead atoms. The van der Waals surface area contributed by atoms with E-state index in [4.69, 9.17) is 4.74 Å². The Morgan fingerprint density at radius 3 is 2.55 bits per heavy atom. The number of carbonyl (C=O) groups is 1. The van der Waals surface area contributed by atoms with Crippen LogP contribution in [0.3, 0.4) is 0 Å². The topological polar surface area (TPSA) is 60.7 Å². The molecule has 2 aromatic carbocycles. The van der Waals surface area contributed by atoms with Crippen LogP contribution in [0.15, 0.2) is 69.6 Å². The molecule has 0 N–H and O–H groups in total. The lowest BCUT2D eigenvalue weighted by Gasteiger charge is -2.24. The number of aromatic nitrogens is 1. The predicted octanol–water partition coefficient (Wildman–Crippen LogP) is 3.54. The smallest absolute Gasteiger partial charge is 0.338 e. The van der Waals surface area contributed by atoms with Gasteiger partial charge < -0.3 is 4.74 Å². The van der Waals surface area contributed by atoms with Gasteiger partial charge in [0.15, 0.2) is 4.80 Å². The van der Waals surface area contributed by atoms with Crippen molar-refractivity contribution in [2.45, 2.75) is 19.9 Å². The van der Waals surface area contributed by atoms with Gasteiger partial charge in [-0.1, -0.05) is 35.6 Å². The number of ether oxygens (including phenoxy) is 1. The van der Waals surface area contributed by atoms with Crippen LogP contribution in [-0.4, -0.2) is 17.1 Å². The lowest BCUT2D eigenvalue weighted by molar-refractivity contribution is -0.139. The van der Waals surface area contributed by atoms with Crippen LogP contribution >= 0.6 is 33.9 Å². The Morgan fingerprint density at radius 2 is 1.90 bits per heavy atom. The van der Waals surface area contributed by atoms with Crippen molar-refractivity contribution >= 4 is 46.0 Å². The van der Waals surface area contributed by atoms with Crippen molar-refractivity contribution in [2.24, 2.45) is 4.99 Å². The SMILES string of the molecule is CCOC(=O)C1=C(C)N=c2s/c(=C\c3ccc(I)cc3)c(=O)n2[C@H]1c1ccc(F)cc1. The number of thiazole rings is 1. The van der Waals surface area contributed by atoms with Gasteiger partial charge in [-0.3, -0.25) is 9.36 Å². The molecular weight excluding hydrogens is 530 g/mol. The Bertz CT molecular complexity index is 1360. The third kappa shape index (κ3) is 4.27. The minimum atomic E-state index is -0.741. The van der Waals surface area contributed by atoms with Crippen LogP contribution in [0, 0.1) is 9.39 Å². The van der Waals surface area contributed by atoms with E-state index in [1.165, 1.54) is 28.0 Å². The normalized spacial score (nSPS) is 16.1. The lowest BCUT2D eigenvalue weighted by atomic mass is 9.96. The fourth-order valence-electron chi connectivity index (χ4n) is 3.46. The van der Waals surface area contributed by atoms with Crippen LogP contribution in [0.25, 0.3) is 6.08 Å². The average Bonchev–Trinajstić information content (AvgIpc) is 3.04. The van der Waals surface area contributed by atoms with Crippen molar-refractivity contribution < 1.29 is 13.9 Å². The second-order valence-electron chi connectivity index (χ2n) is 6.91. The number of fused-ring (bicyclic) bond motifs is 1. The van der Waals surface area contributed by atoms with E-state index in [1.54, 1.807) is 26.0 Å². The molecule has 158 valence electrons. The molecule has 0 fully saturated rings. The monoisotopic (exact) mass is 548 g/mol. The third-order valence-corrected chi connectivity index (χ3v) is 6.57. The molecular formula is C23H18FIN2O3S. The minimum absolute atomic E-state index is 0.197. The second kappa shape index (κ2) is 8.88. The van der Waals surface area contributed by atoms with Crippen LogP contribution in [0.4, 0.5) is 4.39 Å².